The number of nitrogens with two attached hydrogens (primary N) is 1. The average molecular weight is 477 g/mol. The maximum atomic E-state index is 11.8. The number of anilines is 3. The average Bonchev–Trinajstić information content (AvgIpc) is 3.16. The van der Waals surface area contributed by atoms with Gasteiger partial charge in [0.2, 0.25) is 0 Å². The van der Waals surface area contributed by atoms with Crippen molar-refractivity contribution in [2.45, 2.75) is 25.2 Å². The smallest absolute Gasteiger partial charge is 0.382 e. The molecule has 2 aliphatic rings. The van der Waals surface area contributed by atoms with Crippen LogP contribution in [-0.4, -0.2) is 55.1 Å². The monoisotopic (exact) mass is 477 g/mol. The van der Waals surface area contributed by atoms with E-state index in [0.29, 0.717) is 31.0 Å². The number of aromatic nitrogens is 2. The summed E-state index contributed by atoms with van der Waals surface area (Å²) in [5.41, 5.74) is 6.33. The molecule has 2 aliphatic heterocycles. The number of nitrogens with one attached hydrogen (secondary N) is 1. The van der Waals surface area contributed by atoms with Crippen LogP contribution in [0.1, 0.15) is 12.8 Å². The third-order valence-electron chi connectivity index (χ3n) is 3.83. The lowest BCUT2D eigenvalue weighted by molar-refractivity contribution is 0.0105. The first-order chi connectivity index (χ1) is 13.4. The second kappa shape index (κ2) is 8.17. The predicted octanol–water partition coefficient (Wildman–Crippen LogP) is 0.0966. The zero-order valence-electron chi connectivity index (χ0n) is 14.5. The Bertz CT molecular complexity index is 911. The third-order valence-corrected chi connectivity index (χ3v) is 7.63. The number of phosphoric acid groups is 3. The molecule has 1 aromatic rings. The Labute approximate surface area is 163 Å². The molecule has 4 unspecified atom stereocenters. The summed E-state index contributed by atoms with van der Waals surface area (Å²) >= 11 is 0. The molecule has 4 atom stereocenters. The van der Waals surface area contributed by atoms with Crippen LogP contribution in [0.5, 0.6) is 0 Å². The SMILES string of the molecule is Nc1ncnc2c1NCN2C1CCC(COP(=O)(O)OP(=O)(O)OP(=O)(O)O)O1. The molecule has 19 heteroatoms. The summed E-state index contributed by atoms with van der Waals surface area (Å²) in [4.78, 5) is 45.4. The van der Waals surface area contributed by atoms with Gasteiger partial charge in [0.1, 0.15) is 18.2 Å². The first kappa shape index (κ1) is 22.5. The molecule has 3 rings (SSSR count). The minimum absolute atomic E-state index is 0.278. The van der Waals surface area contributed by atoms with Crippen molar-refractivity contribution in [2.24, 2.45) is 0 Å². The number of nitrogens with zero attached hydrogens (tertiary/aromatic N) is 3. The van der Waals surface area contributed by atoms with Crippen LogP contribution in [-0.2, 0) is 31.6 Å². The number of fused-ring (bicyclic) bond motifs is 1. The molecule has 29 heavy (non-hydrogen) atoms. The van der Waals surface area contributed by atoms with Gasteiger partial charge >= 0.3 is 23.5 Å². The molecule has 0 spiro atoms. The van der Waals surface area contributed by atoms with Gasteiger partial charge < -0.3 is 40.3 Å². The van der Waals surface area contributed by atoms with Gasteiger partial charge in [0.25, 0.3) is 0 Å². The van der Waals surface area contributed by atoms with Crippen molar-refractivity contribution in [3.05, 3.63) is 6.33 Å². The molecular formula is C10H18N5O11P3. The molecule has 0 amide bonds. The number of hydrogen-bond donors (Lipinski definition) is 6. The first-order valence-electron chi connectivity index (χ1n) is 7.90. The number of ether oxygens (including phenoxy) is 1. The van der Waals surface area contributed by atoms with E-state index >= 15 is 0 Å². The van der Waals surface area contributed by atoms with Gasteiger partial charge in [0.15, 0.2) is 11.6 Å². The Kier molecular flexibility index (Phi) is 6.35. The van der Waals surface area contributed by atoms with Crippen LogP contribution in [0.15, 0.2) is 6.33 Å². The minimum atomic E-state index is -5.55. The van der Waals surface area contributed by atoms with E-state index in [1.807, 2.05) is 0 Å². The first-order valence-corrected chi connectivity index (χ1v) is 12.4. The quantitative estimate of drug-likeness (QED) is 0.272. The molecule has 0 aliphatic carbocycles. The van der Waals surface area contributed by atoms with Crippen LogP contribution >= 0.6 is 23.5 Å². The lowest BCUT2D eigenvalue weighted by Crippen LogP contribution is -2.36. The maximum absolute atomic E-state index is 11.8. The molecule has 1 aromatic heterocycles. The molecule has 0 bridgehead atoms. The number of hydrogen-bond acceptors (Lipinski definition) is 12. The van der Waals surface area contributed by atoms with Crippen LogP contribution in [0.3, 0.4) is 0 Å². The van der Waals surface area contributed by atoms with Crippen LogP contribution < -0.4 is 16.0 Å². The number of nitrogen functional groups attached to an aromatic ring is 1. The largest absolute Gasteiger partial charge is 0.490 e. The maximum Gasteiger partial charge on any atom is 0.490 e. The van der Waals surface area contributed by atoms with E-state index in [1.165, 1.54) is 6.33 Å². The molecule has 1 fully saturated rings. The van der Waals surface area contributed by atoms with Gasteiger partial charge in [-0.25, -0.2) is 23.7 Å². The summed E-state index contributed by atoms with van der Waals surface area (Å²) in [5.74, 6) is 0.816. The van der Waals surface area contributed by atoms with Crippen molar-refractivity contribution >= 4 is 40.8 Å². The van der Waals surface area contributed by atoms with Gasteiger partial charge in [-0.05, 0) is 12.8 Å². The topological polar surface area (TPSA) is 236 Å². The van der Waals surface area contributed by atoms with E-state index in [1.54, 1.807) is 4.90 Å². The summed E-state index contributed by atoms with van der Waals surface area (Å²) in [6.45, 7) is -0.147. The van der Waals surface area contributed by atoms with E-state index in [9.17, 15) is 18.6 Å². The third kappa shape index (κ3) is 5.94. The molecule has 3 heterocycles. The minimum Gasteiger partial charge on any atom is -0.382 e. The van der Waals surface area contributed by atoms with Gasteiger partial charge in [0, 0.05) is 0 Å². The van der Waals surface area contributed by atoms with Crippen molar-refractivity contribution < 1.29 is 51.2 Å². The zero-order valence-corrected chi connectivity index (χ0v) is 17.2. The Balaban J connectivity index is 1.53. The molecule has 0 saturated carbocycles. The fraction of sp³-hybridized carbons (Fsp3) is 0.600. The van der Waals surface area contributed by atoms with Crippen molar-refractivity contribution in [1.82, 2.24) is 9.97 Å². The molecular weight excluding hydrogens is 459 g/mol. The van der Waals surface area contributed by atoms with Gasteiger partial charge in [-0.2, -0.15) is 8.62 Å². The summed E-state index contributed by atoms with van der Waals surface area (Å²) in [5, 5.41) is 3.03. The Morgan fingerprint density at radius 3 is 2.59 bits per heavy atom. The van der Waals surface area contributed by atoms with Gasteiger partial charge in [-0.3, -0.25) is 4.52 Å². The Morgan fingerprint density at radius 2 is 1.90 bits per heavy atom. The highest BCUT2D eigenvalue weighted by Gasteiger charge is 2.42. The van der Waals surface area contributed by atoms with E-state index in [4.69, 9.17) is 25.2 Å². The van der Waals surface area contributed by atoms with Crippen molar-refractivity contribution in [3.63, 3.8) is 0 Å². The van der Waals surface area contributed by atoms with Crippen molar-refractivity contribution in [3.8, 4) is 0 Å². The summed E-state index contributed by atoms with van der Waals surface area (Å²) in [7, 11) is -16.2. The summed E-state index contributed by atoms with van der Waals surface area (Å²) in [6, 6.07) is 0. The highest BCUT2D eigenvalue weighted by molar-refractivity contribution is 7.66. The van der Waals surface area contributed by atoms with Crippen LogP contribution in [0.2, 0.25) is 0 Å². The van der Waals surface area contributed by atoms with Crippen molar-refractivity contribution in [1.29, 1.82) is 0 Å². The van der Waals surface area contributed by atoms with Gasteiger partial charge in [-0.15, -0.1) is 0 Å². The van der Waals surface area contributed by atoms with Crippen LogP contribution in [0, 0.1) is 0 Å². The van der Waals surface area contributed by atoms with Gasteiger partial charge in [0.05, 0.1) is 19.4 Å². The normalized spacial score (nSPS) is 25.9. The molecule has 1 saturated heterocycles. The Hall–Kier alpha value is -1.15. The molecule has 164 valence electrons. The van der Waals surface area contributed by atoms with E-state index < -0.39 is 42.4 Å². The second-order valence-electron chi connectivity index (χ2n) is 5.94. The standard InChI is InChI=1S/C10H18N5O11P3/c11-9-8-10(13-4-12-9)15(5-14-8)7-2-1-6(24-7)3-23-28(19,20)26-29(21,22)25-27(16,17)18/h4,6-7,14H,1-3,5H2,(H,19,20)(H,21,22)(H2,11,12,13)(H2,16,17,18). The van der Waals surface area contributed by atoms with Crippen molar-refractivity contribution in [2.75, 3.05) is 29.2 Å². The van der Waals surface area contributed by atoms with E-state index in [-0.39, 0.29) is 5.82 Å². The fourth-order valence-corrected chi connectivity index (χ4v) is 5.82. The molecule has 0 radical (unpaired) electrons. The lowest BCUT2D eigenvalue weighted by atomic mass is 10.2. The second-order valence-corrected chi connectivity index (χ2v) is 10.4. The highest BCUT2D eigenvalue weighted by Crippen LogP contribution is 2.66. The molecule has 7 N–H and O–H groups in total. The highest BCUT2D eigenvalue weighted by atomic mass is 31.3. The lowest BCUT2D eigenvalue weighted by Gasteiger charge is -2.25. The fourth-order valence-electron chi connectivity index (χ4n) is 2.77. The van der Waals surface area contributed by atoms with Crippen LogP contribution in [0.4, 0.5) is 17.3 Å². The zero-order chi connectivity index (χ0) is 21.4. The van der Waals surface area contributed by atoms with E-state index in [0.717, 1.165) is 0 Å². The molecule has 16 nitrogen and oxygen atoms in total. The molecule has 0 aromatic carbocycles. The number of phosphoric ester groups is 1. The number of rotatable bonds is 8. The summed E-state index contributed by atoms with van der Waals surface area (Å²) < 4.78 is 51.3. The van der Waals surface area contributed by atoms with Gasteiger partial charge in [-0.1, -0.05) is 0 Å². The predicted molar refractivity (Wildman–Crippen MR) is 95.1 cm³/mol. The summed E-state index contributed by atoms with van der Waals surface area (Å²) in [6.07, 6.45) is 1.10. The van der Waals surface area contributed by atoms with E-state index in [2.05, 4.69) is 28.4 Å². The Morgan fingerprint density at radius 1 is 1.17 bits per heavy atom. The van der Waals surface area contributed by atoms with Crippen LogP contribution in [0.25, 0.3) is 0 Å².